The number of nitriles is 1. The first kappa shape index (κ1) is 19.1. The Labute approximate surface area is 153 Å². The molecule has 0 unspecified atom stereocenters. The van der Waals surface area contributed by atoms with Crippen LogP contribution in [0.3, 0.4) is 0 Å². The van der Waals surface area contributed by atoms with Gasteiger partial charge in [-0.15, -0.1) is 0 Å². The lowest BCUT2D eigenvalue weighted by Gasteiger charge is -2.20. The number of benzene rings is 1. The number of nitrogens with zero attached hydrogens (tertiary/aromatic N) is 3. The standard InChI is InChI=1S/C19H23N3O2S/c1-13(2)8-18-14(3)19(25-21-18)12-24-22(15(4)23)11-17-7-5-6-16(9-17)10-20/h5-7,9,13H,8,11-12H2,1-4H3. The topological polar surface area (TPSA) is 66.2 Å². The summed E-state index contributed by atoms with van der Waals surface area (Å²) < 4.78 is 4.51. The molecular formula is C19H23N3O2S. The van der Waals surface area contributed by atoms with Gasteiger partial charge in [0.05, 0.1) is 28.7 Å². The van der Waals surface area contributed by atoms with Gasteiger partial charge in [-0.2, -0.15) is 9.64 Å². The summed E-state index contributed by atoms with van der Waals surface area (Å²) in [7, 11) is 0. The molecule has 0 spiro atoms. The first-order valence-electron chi connectivity index (χ1n) is 8.24. The Morgan fingerprint density at radius 3 is 2.84 bits per heavy atom. The molecule has 0 N–H and O–H groups in total. The molecule has 0 aliphatic carbocycles. The third-order valence-corrected chi connectivity index (χ3v) is 4.76. The molecular weight excluding hydrogens is 334 g/mol. The van der Waals surface area contributed by atoms with E-state index in [1.807, 2.05) is 6.07 Å². The summed E-state index contributed by atoms with van der Waals surface area (Å²) in [5.41, 5.74) is 3.68. The Kier molecular flexibility index (Phi) is 6.68. The zero-order valence-corrected chi connectivity index (χ0v) is 15.9. The lowest BCUT2D eigenvalue weighted by molar-refractivity contribution is -0.192. The first-order valence-corrected chi connectivity index (χ1v) is 9.02. The molecule has 1 heterocycles. The Hall–Kier alpha value is -2.23. The van der Waals surface area contributed by atoms with Gasteiger partial charge in [-0.25, -0.2) is 5.06 Å². The third kappa shape index (κ3) is 5.38. The highest BCUT2D eigenvalue weighted by Gasteiger charge is 2.15. The fourth-order valence-corrected chi connectivity index (χ4v) is 3.20. The molecule has 132 valence electrons. The molecule has 5 nitrogen and oxygen atoms in total. The van der Waals surface area contributed by atoms with Crippen LogP contribution in [0.4, 0.5) is 0 Å². The maximum atomic E-state index is 11.9. The van der Waals surface area contributed by atoms with Crippen LogP contribution in [0.25, 0.3) is 0 Å². The largest absolute Gasteiger partial charge is 0.273 e. The SMILES string of the molecule is CC(=O)N(Cc1cccc(C#N)c1)OCc1snc(CC(C)C)c1C. The van der Waals surface area contributed by atoms with Gasteiger partial charge in [0.1, 0.15) is 6.61 Å². The van der Waals surface area contributed by atoms with E-state index in [4.69, 9.17) is 10.1 Å². The lowest BCUT2D eigenvalue weighted by Crippen LogP contribution is -2.28. The second-order valence-corrected chi connectivity index (χ2v) is 7.27. The van der Waals surface area contributed by atoms with Crippen LogP contribution in [-0.4, -0.2) is 15.3 Å². The number of hydroxylamine groups is 2. The van der Waals surface area contributed by atoms with E-state index in [0.29, 0.717) is 24.6 Å². The molecule has 0 aliphatic heterocycles. The quantitative estimate of drug-likeness (QED) is 0.703. The monoisotopic (exact) mass is 357 g/mol. The van der Waals surface area contributed by atoms with Gasteiger partial charge in [0.15, 0.2) is 0 Å². The molecule has 0 bridgehead atoms. The van der Waals surface area contributed by atoms with Crippen molar-refractivity contribution < 1.29 is 9.63 Å². The van der Waals surface area contributed by atoms with Gasteiger partial charge in [0.25, 0.3) is 0 Å². The predicted octanol–water partition coefficient (Wildman–Crippen LogP) is 4.00. The highest BCUT2D eigenvalue weighted by Crippen LogP contribution is 2.22. The minimum absolute atomic E-state index is 0.174. The third-order valence-electron chi connectivity index (χ3n) is 3.80. The Balaban J connectivity index is 2.04. The second kappa shape index (κ2) is 8.75. The highest BCUT2D eigenvalue weighted by atomic mass is 32.1. The number of carbonyl (C=O) groups is 1. The van der Waals surface area contributed by atoms with Crippen molar-refractivity contribution in [3.8, 4) is 6.07 Å². The highest BCUT2D eigenvalue weighted by molar-refractivity contribution is 7.06. The van der Waals surface area contributed by atoms with Gasteiger partial charge >= 0.3 is 0 Å². The van der Waals surface area contributed by atoms with Crippen LogP contribution >= 0.6 is 11.5 Å². The molecule has 0 atom stereocenters. The van der Waals surface area contributed by atoms with Crippen LogP contribution < -0.4 is 0 Å². The number of hydrogen-bond donors (Lipinski definition) is 0. The summed E-state index contributed by atoms with van der Waals surface area (Å²) in [4.78, 5) is 18.7. The fourth-order valence-electron chi connectivity index (χ4n) is 2.41. The maximum absolute atomic E-state index is 11.9. The van der Waals surface area contributed by atoms with Gasteiger partial charge in [-0.1, -0.05) is 26.0 Å². The first-order chi connectivity index (χ1) is 11.9. The van der Waals surface area contributed by atoms with Crippen molar-refractivity contribution in [2.75, 3.05) is 0 Å². The van der Waals surface area contributed by atoms with E-state index in [9.17, 15) is 4.79 Å². The van der Waals surface area contributed by atoms with E-state index in [1.54, 1.807) is 18.2 Å². The maximum Gasteiger partial charge on any atom is 0.243 e. The van der Waals surface area contributed by atoms with E-state index in [-0.39, 0.29) is 5.91 Å². The van der Waals surface area contributed by atoms with Gasteiger partial charge in [-0.05, 0) is 54.1 Å². The average molecular weight is 357 g/mol. The Bertz CT molecular complexity index is 777. The number of amides is 1. The zero-order valence-electron chi connectivity index (χ0n) is 15.1. The molecule has 6 heteroatoms. The van der Waals surface area contributed by atoms with Crippen molar-refractivity contribution >= 4 is 17.4 Å². The predicted molar refractivity (Wildman–Crippen MR) is 97.6 cm³/mol. The van der Waals surface area contributed by atoms with Gasteiger partial charge < -0.3 is 0 Å². The molecule has 1 amide bonds. The number of carbonyl (C=O) groups excluding carboxylic acids is 1. The number of hydrogen-bond acceptors (Lipinski definition) is 5. The fraction of sp³-hybridized carbons (Fsp3) is 0.421. The Morgan fingerprint density at radius 2 is 2.20 bits per heavy atom. The summed E-state index contributed by atoms with van der Waals surface area (Å²) >= 11 is 1.43. The number of aromatic nitrogens is 1. The van der Waals surface area contributed by atoms with Crippen LogP contribution in [0, 0.1) is 24.2 Å². The van der Waals surface area contributed by atoms with E-state index in [2.05, 4.69) is 31.2 Å². The van der Waals surface area contributed by atoms with Crippen molar-refractivity contribution in [2.45, 2.75) is 47.3 Å². The van der Waals surface area contributed by atoms with Crippen LogP contribution in [0.5, 0.6) is 0 Å². The smallest absolute Gasteiger partial charge is 0.243 e. The van der Waals surface area contributed by atoms with Crippen LogP contribution in [0.2, 0.25) is 0 Å². The van der Waals surface area contributed by atoms with Crippen LogP contribution in [0.1, 0.15) is 48.0 Å². The molecule has 2 aromatic rings. The summed E-state index contributed by atoms with van der Waals surface area (Å²) in [6.45, 7) is 8.48. The van der Waals surface area contributed by atoms with Gasteiger partial charge in [0, 0.05) is 6.92 Å². The molecule has 0 fully saturated rings. The minimum atomic E-state index is -0.174. The molecule has 0 aliphatic rings. The summed E-state index contributed by atoms with van der Waals surface area (Å²) in [5, 5.41) is 10.3. The van der Waals surface area contributed by atoms with Crippen LogP contribution in [-0.2, 0) is 29.2 Å². The van der Waals surface area contributed by atoms with Crippen molar-refractivity contribution in [1.82, 2.24) is 9.44 Å². The van der Waals surface area contributed by atoms with Gasteiger partial charge in [-0.3, -0.25) is 9.63 Å². The molecule has 1 aromatic carbocycles. The number of rotatable bonds is 7. The van der Waals surface area contributed by atoms with Gasteiger partial charge in [0.2, 0.25) is 5.91 Å². The molecule has 0 saturated carbocycles. The van der Waals surface area contributed by atoms with Crippen molar-refractivity contribution in [3.63, 3.8) is 0 Å². The molecule has 0 saturated heterocycles. The second-order valence-electron chi connectivity index (χ2n) is 6.42. The summed E-state index contributed by atoms with van der Waals surface area (Å²) in [5.74, 6) is 0.377. The summed E-state index contributed by atoms with van der Waals surface area (Å²) in [6.07, 6.45) is 0.944. The van der Waals surface area contributed by atoms with E-state index in [0.717, 1.165) is 28.1 Å². The van der Waals surface area contributed by atoms with Crippen molar-refractivity contribution in [3.05, 3.63) is 51.5 Å². The Morgan fingerprint density at radius 1 is 1.44 bits per heavy atom. The minimum Gasteiger partial charge on any atom is -0.273 e. The van der Waals surface area contributed by atoms with Crippen molar-refractivity contribution in [2.24, 2.45) is 5.92 Å². The van der Waals surface area contributed by atoms with E-state index >= 15 is 0 Å². The molecule has 0 radical (unpaired) electrons. The molecule has 1 aromatic heterocycles. The normalized spacial score (nSPS) is 10.7. The zero-order chi connectivity index (χ0) is 18.4. The van der Waals surface area contributed by atoms with Crippen LogP contribution in [0.15, 0.2) is 24.3 Å². The van der Waals surface area contributed by atoms with E-state index in [1.165, 1.54) is 23.5 Å². The molecule has 25 heavy (non-hydrogen) atoms. The van der Waals surface area contributed by atoms with E-state index < -0.39 is 0 Å². The lowest BCUT2D eigenvalue weighted by atomic mass is 10.0. The van der Waals surface area contributed by atoms with Crippen molar-refractivity contribution in [1.29, 1.82) is 5.26 Å². The average Bonchev–Trinajstić information content (AvgIpc) is 2.91. The summed E-state index contributed by atoms with van der Waals surface area (Å²) in [6, 6.07) is 9.28. The molecule has 2 rings (SSSR count).